The van der Waals surface area contributed by atoms with Gasteiger partial charge in [0.05, 0.1) is 5.25 Å². The lowest BCUT2D eigenvalue weighted by Gasteiger charge is -2.43. The second-order valence-corrected chi connectivity index (χ2v) is 9.03. The highest BCUT2D eigenvalue weighted by Gasteiger charge is 2.43. The van der Waals surface area contributed by atoms with E-state index in [9.17, 15) is 5.11 Å². The zero-order valence-corrected chi connectivity index (χ0v) is 16.6. The van der Waals surface area contributed by atoms with Gasteiger partial charge in [0.25, 0.3) is 0 Å². The first kappa shape index (κ1) is 17.1. The van der Waals surface area contributed by atoms with Gasteiger partial charge in [-0.3, -0.25) is 0 Å². The van der Waals surface area contributed by atoms with Crippen molar-refractivity contribution >= 4 is 11.8 Å². The van der Waals surface area contributed by atoms with Crippen LogP contribution >= 0.6 is 11.8 Å². The van der Waals surface area contributed by atoms with Gasteiger partial charge in [-0.05, 0) is 50.6 Å². The lowest BCUT2D eigenvalue weighted by Crippen LogP contribution is -2.31. The number of benzene rings is 4. The number of fused-ring (bicyclic) bond motifs is 1. The molecule has 2 heterocycles. The van der Waals surface area contributed by atoms with Crippen LogP contribution in [-0.2, 0) is 0 Å². The third kappa shape index (κ3) is 2.67. The van der Waals surface area contributed by atoms with Gasteiger partial charge in [0, 0.05) is 5.92 Å². The monoisotopic (exact) mass is 392 g/mol. The Morgan fingerprint density at radius 3 is 1.69 bits per heavy atom. The molecule has 29 heavy (non-hydrogen) atoms. The zero-order chi connectivity index (χ0) is 19.4. The Labute approximate surface area is 175 Å². The van der Waals surface area contributed by atoms with Gasteiger partial charge in [-0.15, -0.1) is 11.8 Å². The fourth-order valence-electron chi connectivity index (χ4n) is 4.80. The minimum Gasteiger partial charge on any atom is -0.381 e. The molecular formula is C27H20OS. The molecule has 1 nitrogen and oxygen atoms in total. The largest absolute Gasteiger partial charge is 0.381 e. The molecule has 0 radical (unpaired) electrons. The quantitative estimate of drug-likeness (QED) is 0.414. The van der Waals surface area contributed by atoms with E-state index in [4.69, 9.17) is 0 Å². The highest BCUT2D eigenvalue weighted by molar-refractivity contribution is 8.00. The minimum absolute atomic E-state index is 0.0310. The molecule has 1 aliphatic carbocycles. The summed E-state index contributed by atoms with van der Waals surface area (Å²) in [5.41, 5.74) is 9.79. The van der Waals surface area contributed by atoms with Crippen molar-refractivity contribution in [1.29, 1.82) is 0 Å². The molecule has 7 rings (SSSR count). The van der Waals surface area contributed by atoms with Crippen LogP contribution < -0.4 is 0 Å². The fraction of sp³-hybridized carbons (Fsp3) is 0.111. The van der Waals surface area contributed by atoms with Gasteiger partial charge in [0.1, 0.15) is 5.44 Å². The average molecular weight is 393 g/mol. The summed E-state index contributed by atoms with van der Waals surface area (Å²) >= 11 is 1.68. The summed E-state index contributed by atoms with van der Waals surface area (Å²) in [6.07, 6.45) is 0. The fourth-order valence-corrected chi connectivity index (χ4v) is 6.24. The van der Waals surface area contributed by atoms with E-state index in [-0.39, 0.29) is 11.2 Å². The Kier molecular flexibility index (Phi) is 3.90. The number of hydrogen-bond acceptors (Lipinski definition) is 2. The number of aliphatic hydroxyl groups excluding tert-OH is 1. The average Bonchev–Trinajstić information content (AvgIpc) is 2.79. The normalized spacial score (nSPS) is 21.5. The highest BCUT2D eigenvalue weighted by atomic mass is 32.2. The summed E-state index contributed by atoms with van der Waals surface area (Å²) in [6, 6.07) is 34.6. The topological polar surface area (TPSA) is 20.2 Å². The first-order valence-electron chi connectivity index (χ1n) is 10.0. The molecule has 0 aromatic heterocycles. The van der Waals surface area contributed by atoms with Crippen molar-refractivity contribution in [3.63, 3.8) is 0 Å². The van der Waals surface area contributed by atoms with Gasteiger partial charge in [-0.25, -0.2) is 0 Å². The predicted octanol–water partition coefficient (Wildman–Crippen LogP) is 6.62. The number of rotatable bonds is 2. The van der Waals surface area contributed by atoms with E-state index in [2.05, 4.69) is 91.0 Å². The summed E-state index contributed by atoms with van der Waals surface area (Å²) in [5, 5.41) is 11.1. The molecule has 3 unspecified atom stereocenters. The third-order valence-corrected chi connectivity index (χ3v) is 7.51. The van der Waals surface area contributed by atoms with Crippen LogP contribution in [0.25, 0.3) is 22.3 Å². The molecule has 0 amide bonds. The van der Waals surface area contributed by atoms with Gasteiger partial charge < -0.3 is 5.11 Å². The van der Waals surface area contributed by atoms with Crippen LogP contribution in [-0.4, -0.2) is 10.5 Å². The second kappa shape index (κ2) is 6.62. The molecule has 140 valence electrons. The van der Waals surface area contributed by atoms with Gasteiger partial charge >= 0.3 is 0 Å². The number of hydrogen-bond donors (Lipinski definition) is 1. The van der Waals surface area contributed by atoms with E-state index >= 15 is 0 Å². The Morgan fingerprint density at radius 2 is 1.07 bits per heavy atom. The van der Waals surface area contributed by atoms with Crippen LogP contribution in [0.3, 0.4) is 0 Å². The molecule has 4 aromatic carbocycles. The van der Waals surface area contributed by atoms with Crippen LogP contribution in [0.15, 0.2) is 97.1 Å². The molecule has 2 bridgehead atoms. The smallest absolute Gasteiger partial charge is 0.111 e. The van der Waals surface area contributed by atoms with E-state index < -0.39 is 5.44 Å². The zero-order valence-electron chi connectivity index (χ0n) is 15.8. The van der Waals surface area contributed by atoms with E-state index in [0.717, 1.165) is 0 Å². The molecule has 3 aliphatic rings. The first-order valence-corrected chi connectivity index (χ1v) is 11.0. The predicted molar refractivity (Wildman–Crippen MR) is 121 cm³/mol. The van der Waals surface area contributed by atoms with Gasteiger partial charge in [-0.1, -0.05) is 91.0 Å². The summed E-state index contributed by atoms with van der Waals surface area (Å²) in [4.78, 5) is 0. The van der Waals surface area contributed by atoms with Crippen molar-refractivity contribution < 1.29 is 5.11 Å². The third-order valence-electron chi connectivity index (χ3n) is 6.18. The van der Waals surface area contributed by atoms with Crippen LogP contribution in [0.5, 0.6) is 0 Å². The number of thioether (sulfide) groups is 1. The Hall–Kier alpha value is -2.81. The lowest BCUT2D eigenvalue weighted by atomic mass is 9.75. The molecule has 3 atom stereocenters. The van der Waals surface area contributed by atoms with Crippen molar-refractivity contribution in [2.24, 2.45) is 0 Å². The Bertz CT molecular complexity index is 1200. The van der Waals surface area contributed by atoms with E-state index in [1.807, 2.05) is 6.07 Å². The Morgan fingerprint density at radius 1 is 0.517 bits per heavy atom. The first-order chi connectivity index (χ1) is 14.3. The van der Waals surface area contributed by atoms with Crippen molar-refractivity contribution in [2.75, 3.05) is 0 Å². The summed E-state index contributed by atoms with van der Waals surface area (Å²) < 4.78 is 0. The number of aliphatic hydroxyl groups is 1. The van der Waals surface area contributed by atoms with Crippen molar-refractivity contribution in [2.45, 2.75) is 16.6 Å². The van der Waals surface area contributed by atoms with E-state index in [0.29, 0.717) is 0 Å². The summed E-state index contributed by atoms with van der Waals surface area (Å²) in [6.45, 7) is 0. The standard InChI is InChI=1S/C27H20OS/c28-27-25-21-13-11-20(18-9-5-2-6-10-18)16-24(21)26(29-27)22-14-12-19(15-23(22)25)17-7-3-1-4-8-17/h1-16,25-28H. The molecule has 2 heteroatoms. The van der Waals surface area contributed by atoms with Crippen molar-refractivity contribution in [3.05, 3.63) is 119 Å². The molecule has 4 aromatic rings. The maximum absolute atomic E-state index is 10.9. The lowest BCUT2D eigenvalue weighted by molar-refractivity contribution is 0.237. The maximum atomic E-state index is 10.9. The molecule has 2 aliphatic heterocycles. The van der Waals surface area contributed by atoms with Crippen LogP contribution in [0.2, 0.25) is 0 Å². The summed E-state index contributed by atoms with van der Waals surface area (Å²) in [7, 11) is 0. The van der Waals surface area contributed by atoms with Gasteiger partial charge in [0.2, 0.25) is 0 Å². The molecule has 0 spiro atoms. The SMILES string of the molecule is OC1SC2c3cc(-c4ccccc4)ccc3C1c1cc(-c3ccccc3)ccc12. The van der Waals surface area contributed by atoms with Crippen molar-refractivity contribution in [1.82, 2.24) is 0 Å². The van der Waals surface area contributed by atoms with Crippen LogP contribution in [0, 0.1) is 0 Å². The Balaban J connectivity index is 1.49. The van der Waals surface area contributed by atoms with Gasteiger partial charge in [0.15, 0.2) is 0 Å². The molecule has 0 saturated heterocycles. The van der Waals surface area contributed by atoms with E-state index in [1.165, 1.54) is 44.5 Å². The highest BCUT2D eigenvalue weighted by Crippen LogP contribution is 2.59. The minimum atomic E-state index is -0.395. The van der Waals surface area contributed by atoms with Crippen LogP contribution in [0.1, 0.15) is 33.4 Å². The van der Waals surface area contributed by atoms with Crippen molar-refractivity contribution in [3.8, 4) is 22.3 Å². The van der Waals surface area contributed by atoms with Gasteiger partial charge in [-0.2, -0.15) is 0 Å². The second-order valence-electron chi connectivity index (χ2n) is 7.80. The maximum Gasteiger partial charge on any atom is 0.111 e. The summed E-state index contributed by atoms with van der Waals surface area (Å²) in [5.74, 6) is 0.0310. The molecular weight excluding hydrogens is 372 g/mol. The molecule has 0 saturated carbocycles. The molecule has 0 fully saturated rings. The molecule has 1 N–H and O–H groups in total. The van der Waals surface area contributed by atoms with E-state index in [1.54, 1.807) is 11.8 Å². The van der Waals surface area contributed by atoms with Crippen LogP contribution in [0.4, 0.5) is 0 Å².